The van der Waals surface area contributed by atoms with E-state index in [4.69, 9.17) is 10.2 Å². The molecule has 0 aromatic carbocycles. The van der Waals surface area contributed by atoms with Gasteiger partial charge in [0, 0.05) is 12.1 Å². The summed E-state index contributed by atoms with van der Waals surface area (Å²) in [5.74, 6) is 0.761. The average molecular weight is 197 g/mol. The van der Waals surface area contributed by atoms with E-state index in [1.165, 1.54) is 7.11 Å². The van der Waals surface area contributed by atoms with Crippen molar-refractivity contribution in [2.45, 2.75) is 19.8 Å². The molecule has 0 aliphatic heterocycles. The minimum absolute atomic E-state index is 0.229. The zero-order valence-electron chi connectivity index (χ0n) is 8.66. The van der Waals surface area contributed by atoms with Gasteiger partial charge in [0.1, 0.15) is 11.5 Å². The lowest BCUT2D eigenvalue weighted by molar-refractivity contribution is -0.142. The Hall–Kier alpha value is -1.29. The maximum Gasteiger partial charge on any atom is 0.314 e. The van der Waals surface area contributed by atoms with E-state index in [0.717, 1.165) is 17.1 Å². The summed E-state index contributed by atoms with van der Waals surface area (Å²) in [7, 11) is 1.35. The third-order valence-corrected chi connectivity index (χ3v) is 2.18. The highest BCUT2D eigenvalue weighted by Crippen LogP contribution is 2.23. The molecule has 0 radical (unpaired) electrons. The van der Waals surface area contributed by atoms with Crippen LogP contribution in [0.4, 0.5) is 0 Å². The lowest BCUT2D eigenvalue weighted by atomic mass is 10.00. The Kier molecular flexibility index (Phi) is 3.30. The summed E-state index contributed by atoms with van der Waals surface area (Å²) in [5.41, 5.74) is 6.33. The van der Waals surface area contributed by atoms with E-state index >= 15 is 0 Å². The van der Waals surface area contributed by atoms with E-state index < -0.39 is 5.92 Å². The van der Waals surface area contributed by atoms with Gasteiger partial charge in [0.15, 0.2) is 0 Å². The van der Waals surface area contributed by atoms with E-state index in [2.05, 4.69) is 4.74 Å². The Morgan fingerprint density at radius 1 is 1.64 bits per heavy atom. The van der Waals surface area contributed by atoms with Crippen LogP contribution in [0.25, 0.3) is 0 Å². The number of hydrogen-bond acceptors (Lipinski definition) is 4. The fourth-order valence-corrected chi connectivity index (χ4v) is 1.49. The minimum atomic E-state index is -0.419. The summed E-state index contributed by atoms with van der Waals surface area (Å²) in [5, 5.41) is 0. The first-order valence-corrected chi connectivity index (χ1v) is 4.45. The van der Waals surface area contributed by atoms with Crippen LogP contribution in [0.15, 0.2) is 10.5 Å². The quantitative estimate of drug-likeness (QED) is 0.737. The highest BCUT2D eigenvalue weighted by atomic mass is 16.5. The molecule has 4 nitrogen and oxygen atoms in total. The van der Waals surface area contributed by atoms with Gasteiger partial charge in [-0.15, -0.1) is 0 Å². The average Bonchev–Trinajstić information content (AvgIpc) is 2.47. The van der Waals surface area contributed by atoms with Gasteiger partial charge in [-0.25, -0.2) is 0 Å². The number of carbonyl (C=O) groups excluding carboxylic acids is 1. The largest absolute Gasteiger partial charge is 0.469 e. The van der Waals surface area contributed by atoms with Crippen molar-refractivity contribution < 1.29 is 13.9 Å². The van der Waals surface area contributed by atoms with E-state index in [1.54, 1.807) is 0 Å². The molecular formula is C10H15NO3. The van der Waals surface area contributed by atoms with Crippen LogP contribution in [-0.4, -0.2) is 19.6 Å². The fourth-order valence-electron chi connectivity index (χ4n) is 1.49. The van der Waals surface area contributed by atoms with Crippen LogP contribution >= 0.6 is 0 Å². The molecule has 1 unspecified atom stereocenters. The summed E-state index contributed by atoms with van der Waals surface area (Å²) in [6, 6.07) is 1.82. The van der Waals surface area contributed by atoms with E-state index in [1.807, 2.05) is 19.9 Å². The Labute approximate surface area is 83.0 Å². The first-order chi connectivity index (χ1) is 6.60. The van der Waals surface area contributed by atoms with Crippen LogP contribution in [0.5, 0.6) is 0 Å². The van der Waals surface area contributed by atoms with Gasteiger partial charge in [0.2, 0.25) is 0 Å². The molecule has 4 heteroatoms. The molecule has 0 fully saturated rings. The standard InChI is InChI=1S/C10H15NO3/c1-6-4-8(7(2)14-6)9(5-11)10(12)13-3/h4,9H,5,11H2,1-3H3. The second kappa shape index (κ2) is 4.28. The van der Waals surface area contributed by atoms with Crippen molar-refractivity contribution in [2.24, 2.45) is 5.73 Å². The number of hydrogen-bond donors (Lipinski definition) is 1. The molecule has 0 aliphatic rings. The van der Waals surface area contributed by atoms with E-state index in [0.29, 0.717) is 0 Å². The van der Waals surface area contributed by atoms with Crippen molar-refractivity contribution in [2.75, 3.05) is 13.7 Å². The lowest BCUT2D eigenvalue weighted by Crippen LogP contribution is -2.22. The molecule has 2 N–H and O–H groups in total. The van der Waals surface area contributed by atoms with Crippen molar-refractivity contribution in [1.29, 1.82) is 0 Å². The zero-order valence-corrected chi connectivity index (χ0v) is 8.66. The second-order valence-corrected chi connectivity index (χ2v) is 3.18. The van der Waals surface area contributed by atoms with Gasteiger partial charge in [0.05, 0.1) is 13.0 Å². The topological polar surface area (TPSA) is 65.5 Å². The van der Waals surface area contributed by atoms with Crippen LogP contribution in [-0.2, 0) is 9.53 Å². The third kappa shape index (κ3) is 1.96. The normalized spacial score (nSPS) is 12.6. The molecule has 1 aromatic heterocycles. The maximum absolute atomic E-state index is 11.4. The smallest absolute Gasteiger partial charge is 0.314 e. The van der Waals surface area contributed by atoms with Gasteiger partial charge in [-0.2, -0.15) is 0 Å². The number of methoxy groups -OCH3 is 1. The number of nitrogens with two attached hydrogens (primary N) is 1. The predicted molar refractivity (Wildman–Crippen MR) is 52.0 cm³/mol. The molecule has 1 heterocycles. The molecule has 0 saturated carbocycles. The number of ether oxygens (including phenoxy) is 1. The van der Waals surface area contributed by atoms with Gasteiger partial charge in [0.25, 0.3) is 0 Å². The summed E-state index contributed by atoms with van der Waals surface area (Å²) in [6.45, 7) is 3.88. The zero-order chi connectivity index (χ0) is 10.7. The number of furan rings is 1. The van der Waals surface area contributed by atoms with Gasteiger partial charge in [-0.1, -0.05) is 0 Å². The highest BCUT2D eigenvalue weighted by molar-refractivity contribution is 5.78. The molecule has 1 aromatic rings. The molecular weight excluding hydrogens is 182 g/mol. The van der Waals surface area contributed by atoms with Gasteiger partial charge in [-0.3, -0.25) is 4.79 Å². The van der Waals surface area contributed by atoms with Crippen molar-refractivity contribution in [1.82, 2.24) is 0 Å². The number of aryl methyl sites for hydroxylation is 2. The first kappa shape index (κ1) is 10.8. The molecule has 78 valence electrons. The van der Waals surface area contributed by atoms with Crippen LogP contribution in [0.1, 0.15) is 23.0 Å². The summed E-state index contributed by atoms with van der Waals surface area (Å²) in [4.78, 5) is 11.4. The Bertz CT molecular complexity index is 330. The van der Waals surface area contributed by atoms with E-state index in [9.17, 15) is 4.79 Å². The fraction of sp³-hybridized carbons (Fsp3) is 0.500. The Morgan fingerprint density at radius 2 is 2.29 bits per heavy atom. The number of carbonyl (C=O) groups is 1. The lowest BCUT2D eigenvalue weighted by Gasteiger charge is -2.10. The van der Waals surface area contributed by atoms with Crippen molar-refractivity contribution in [3.8, 4) is 0 Å². The molecule has 1 atom stereocenters. The highest BCUT2D eigenvalue weighted by Gasteiger charge is 2.23. The Morgan fingerprint density at radius 3 is 2.64 bits per heavy atom. The molecule has 0 saturated heterocycles. The monoisotopic (exact) mass is 197 g/mol. The number of esters is 1. The van der Waals surface area contributed by atoms with Crippen LogP contribution in [0, 0.1) is 13.8 Å². The van der Waals surface area contributed by atoms with Gasteiger partial charge in [-0.05, 0) is 19.9 Å². The summed E-state index contributed by atoms with van der Waals surface area (Å²) >= 11 is 0. The van der Waals surface area contributed by atoms with Crippen LogP contribution < -0.4 is 5.73 Å². The van der Waals surface area contributed by atoms with Gasteiger partial charge < -0.3 is 14.9 Å². The molecule has 0 aliphatic carbocycles. The predicted octanol–water partition coefficient (Wildman–Crippen LogP) is 1.11. The second-order valence-electron chi connectivity index (χ2n) is 3.18. The first-order valence-electron chi connectivity index (χ1n) is 4.45. The molecule has 1 rings (SSSR count). The van der Waals surface area contributed by atoms with Gasteiger partial charge >= 0.3 is 5.97 Å². The third-order valence-electron chi connectivity index (χ3n) is 2.18. The van der Waals surface area contributed by atoms with E-state index in [-0.39, 0.29) is 12.5 Å². The Balaban J connectivity index is 3.00. The van der Waals surface area contributed by atoms with Crippen molar-refractivity contribution >= 4 is 5.97 Å². The van der Waals surface area contributed by atoms with Crippen molar-refractivity contribution in [3.05, 3.63) is 23.2 Å². The van der Waals surface area contributed by atoms with Crippen LogP contribution in [0.2, 0.25) is 0 Å². The SMILES string of the molecule is COC(=O)C(CN)c1cc(C)oc1C. The van der Waals surface area contributed by atoms with Crippen LogP contribution in [0.3, 0.4) is 0 Å². The minimum Gasteiger partial charge on any atom is -0.469 e. The molecule has 0 amide bonds. The number of rotatable bonds is 3. The summed E-state index contributed by atoms with van der Waals surface area (Å²) < 4.78 is 9.99. The molecule has 0 bridgehead atoms. The molecule has 14 heavy (non-hydrogen) atoms. The molecule has 0 spiro atoms. The van der Waals surface area contributed by atoms with Crippen molar-refractivity contribution in [3.63, 3.8) is 0 Å². The maximum atomic E-state index is 11.4. The summed E-state index contributed by atoms with van der Waals surface area (Å²) in [6.07, 6.45) is 0.